The van der Waals surface area contributed by atoms with E-state index in [-0.39, 0.29) is 0 Å². The number of rotatable bonds is 2. The molecule has 0 aliphatic carbocycles. The third-order valence-corrected chi connectivity index (χ3v) is 1.73. The van der Waals surface area contributed by atoms with Gasteiger partial charge in [-0.15, -0.1) is 0 Å². The second-order valence-corrected chi connectivity index (χ2v) is 2.77. The smallest absolute Gasteiger partial charge is 0.257 e. The summed E-state index contributed by atoms with van der Waals surface area (Å²) in [6.45, 7) is 1.90. The van der Waals surface area contributed by atoms with Crippen molar-refractivity contribution in [1.29, 1.82) is 0 Å². The van der Waals surface area contributed by atoms with Crippen LogP contribution in [0.1, 0.15) is 17.2 Å². The normalized spacial score (nSPS) is 13.4. The summed E-state index contributed by atoms with van der Waals surface area (Å²) in [6.07, 6.45) is -2.49. The first-order valence-corrected chi connectivity index (χ1v) is 3.71. The zero-order chi connectivity index (χ0) is 9.14. The van der Waals surface area contributed by atoms with Gasteiger partial charge < -0.3 is 5.73 Å². The van der Waals surface area contributed by atoms with Gasteiger partial charge >= 0.3 is 0 Å². The topological polar surface area (TPSA) is 26.0 Å². The van der Waals surface area contributed by atoms with Crippen LogP contribution in [0.15, 0.2) is 24.3 Å². The molecule has 0 amide bonds. The van der Waals surface area contributed by atoms with Crippen molar-refractivity contribution < 1.29 is 8.78 Å². The Morgan fingerprint density at radius 2 is 1.67 bits per heavy atom. The molecule has 0 radical (unpaired) electrons. The average molecular weight is 171 g/mol. The van der Waals surface area contributed by atoms with E-state index in [9.17, 15) is 8.78 Å². The van der Waals surface area contributed by atoms with Crippen LogP contribution >= 0.6 is 0 Å². The second-order valence-electron chi connectivity index (χ2n) is 2.77. The van der Waals surface area contributed by atoms with Crippen molar-refractivity contribution >= 4 is 0 Å². The molecule has 0 saturated carbocycles. The fourth-order valence-corrected chi connectivity index (χ4v) is 0.934. The predicted molar refractivity (Wildman–Crippen MR) is 44.1 cm³/mol. The Labute approximate surface area is 70.2 Å². The summed E-state index contributed by atoms with van der Waals surface area (Å²) >= 11 is 0. The fraction of sp³-hybridized carbons (Fsp3) is 0.333. The summed E-state index contributed by atoms with van der Waals surface area (Å²) in [6, 6.07) is 5.65. The van der Waals surface area contributed by atoms with Crippen LogP contribution in [0.3, 0.4) is 0 Å². The van der Waals surface area contributed by atoms with Gasteiger partial charge in [0.15, 0.2) is 0 Å². The van der Waals surface area contributed by atoms with Gasteiger partial charge in [0, 0.05) is 0 Å². The van der Waals surface area contributed by atoms with Crippen LogP contribution in [0.25, 0.3) is 0 Å². The number of alkyl halides is 2. The van der Waals surface area contributed by atoms with Gasteiger partial charge in [-0.1, -0.05) is 29.8 Å². The quantitative estimate of drug-likeness (QED) is 0.725. The zero-order valence-corrected chi connectivity index (χ0v) is 6.80. The van der Waals surface area contributed by atoms with E-state index in [1.54, 1.807) is 24.3 Å². The molecule has 1 aromatic carbocycles. The minimum atomic E-state index is -2.49. The number of benzene rings is 1. The molecule has 0 aliphatic rings. The molecule has 0 spiro atoms. The standard InChI is InChI=1S/C9H11F2N/c1-6-2-4-7(5-3-6)8(12)9(10)11/h2-5,8-9H,12H2,1H3/t8-/m0/s1. The summed E-state index contributed by atoms with van der Waals surface area (Å²) in [4.78, 5) is 0. The molecular weight excluding hydrogens is 160 g/mol. The van der Waals surface area contributed by atoms with Crippen molar-refractivity contribution in [2.45, 2.75) is 19.4 Å². The van der Waals surface area contributed by atoms with E-state index >= 15 is 0 Å². The predicted octanol–water partition coefficient (Wildman–Crippen LogP) is 2.26. The Kier molecular flexibility index (Phi) is 2.76. The molecule has 1 aromatic rings. The molecule has 0 unspecified atom stereocenters. The van der Waals surface area contributed by atoms with Crippen molar-refractivity contribution in [3.8, 4) is 0 Å². The maximum atomic E-state index is 12.1. The van der Waals surface area contributed by atoms with Crippen molar-refractivity contribution in [2.24, 2.45) is 5.73 Å². The van der Waals surface area contributed by atoms with Gasteiger partial charge in [-0.25, -0.2) is 8.78 Å². The first kappa shape index (κ1) is 9.13. The van der Waals surface area contributed by atoms with Crippen LogP contribution in [-0.2, 0) is 0 Å². The maximum Gasteiger partial charge on any atom is 0.257 e. The van der Waals surface area contributed by atoms with Gasteiger partial charge in [0.2, 0.25) is 0 Å². The Hall–Kier alpha value is -0.960. The molecule has 0 fully saturated rings. The Balaban J connectivity index is 2.82. The first-order chi connectivity index (χ1) is 5.61. The zero-order valence-electron chi connectivity index (χ0n) is 6.80. The van der Waals surface area contributed by atoms with E-state index in [1.165, 1.54) is 0 Å². The van der Waals surface area contributed by atoms with Crippen molar-refractivity contribution in [1.82, 2.24) is 0 Å². The molecule has 0 aromatic heterocycles. The molecule has 0 bridgehead atoms. The lowest BCUT2D eigenvalue weighted by Gasteiger charge is -2.10. The van der Waals surface area contributed by atoms with E-state index in [4.69, 9.17) is 5.73 Å². The lowest BCUT2D eigenvalue weighted by Crippen LogP contribution is -2.18. The van der Waals surface area contributed by atoms with Gasteiger partial charge in [-0.05, 0) is 12.5 Å². The third-order valence-electron chi connectivity index (χ3n) is 1.73. The summed E-state index contributed by atoms with van der Waals surface area (Å²) in [7, 11) is 0. The molecule has 0 aliphatic heterocycles. The van der Waals surface area contributed by atoms with Gasteiger partial charge in [-0.2, -0.15) is 0 Å². The molecule has 0 saturated heterocycles. The third kappa shape index (κ3) is 2.01. The molecule has 1 rings (SSSR count). The Morgan fingerprint density at radius 1 is 1.17 bits per heavy atom. The summed E-state index contributed by atoms with van der Waals surface area (Å²) < 4.78 is 24.2. The van der Waals surface area contributed by atoms with Crippen LogP contribution in [-0.4, -0.2) is 6.43 Å². The van der Waals surface area contributed by atoms with Crippen molar-refractivity contribution in [3.05, 3.63) is 35.4 Å². The number of hydrogen-bond donors (Lipinski definition) is 1. The summed E-state index contributed by atoms with van der Waals surface area (Å²) in [5.74, 6) is 0. The highest BCUT2D eigenvalue weighted by Crippen LogP contribution is 2.17. The van der Waals surface area contributed by atoms with E-state index in [0.29, 0.717) is 5.56 Å². The van der Waals surface area contributed by atoms with Gasteiger partial charge in [0.25, 0.3) is 6.43 Å². The minimum absolute atomic E-state index is 0.482. The number of halogens is 2. The van der Waals surface area contributed by atoms with Gasteiger partial charge in [0.1, 0.15) is 0 Å². The molecule has 1 nitrogen and oxygen atoms in total. The van der Waals surface area contributed by atoms with Crippen molar-refractivity contribution in [3.63, 3.8) is 0 Å². The molecule has 12 heavy (non-hydrogen) atoms. The molecule has 2 N–H and O–H groups in total. The minimum Gasteiger partial charge on any atom is -0.319 e. The number of hydrogen-bond acceptors (Lipinski definition) is 1. The summed E-state index contributed by atoms with van der Waals surface area (Å²) in [5, 5.41) is 0. The maximum absolute atomic E-state index is 12.1. The molecule has 3 heteroatoms. The van der Waals surface area contributed by atoms with Crippen molar-refractivity contribution in [2.75, 3.05) is 0 Å². The SMILES string of the molecule is Cc1ccc([C@H](N)C(F)F)cc1. The lowest BCUT2D eigenvalue weighted by atomic mass is 10.1. The highest BCUT2D eigenvalue weighted by Gasteiger charge is 2.16. The lowest BCUT2D eigenvalue weighted by molar-refractivity contribution is 0.116. The first-order valence-electron chi connectivity index (χ1n) is 3.71. The van der Waals surface area contributed by atoms with Crippen LogP contribution in [0.4, 0.5) is 8.78 Å². The van der Waals surface area contributed by atoms with E-state index in [2.05, 4.69) is 0 Å². The number of aryl methyl sites for hydroxylation is 1. The Bertz CT molecular complexity index is 243. The van der Waals surface area contributed by atoms with Crippen LogP contribution in [0.2, 0.25) is 0 Å². The van der Waals surface area contributed by atoms with Crippen LogP contribution in [0, 0.1) is 6.92 Å². The van der Waals surface area contributed by atoms with E-state index in [0.717, 1.165) is 5.56 Å². The second kappa shape index (κ2) is 3.63. The Morgan fingerprint density at radius 3 is 2.08 bits per heavy atom. The molecular formula is C9H11F2N. The van der Waals surface area contributed by atoms with E-state index in [1.807, 2.05) is 6.92 Å². The molecule has 0 heterocycles. The number of nitrogens with two attached hydrogens (primary N) is 1. The van der Waals surface area contributed by atoms with Crippen LogP contribution < -0.4 is 5.73 Å². The fourth-order valence-electron chi connectivity index (χ4n) is 0.934. The molecule has 1 atom stereocenters. The monoisotopic (exact) mass is 171 g/mol. The van der Waals surface area contributed by atoms with Gasteiger partial charge in [0.05, 0.1) is 6.04 Å². The molecule has 66 valence electrons. The average Bonchev–Trinajstić information content (AvgIpc) is 2.04. The highest BCUT2D eigenvalue weighted by atomic mass is 19.3. The highest BCUT2D eigenvalue weighted by molar-refractivity contribution is 5.24. The summed E-state index contributed by atoms with van der Waals surface area (Å²) in [5.41, 5.74) is 6.76. The largest absolute Gasteiger partial charge is 0.319 e. The van der Waals surface area contributed by atoms with Crippen LogP contribution in [0.5, 0.6) is 0 Å². The van der Waals surface area contributed by atoms with E-state index < -0.39 is 12.5 Å². The van der Waals surface area contributed by atoms with Gasteiger partial charge in [-0.3, -0.25) is 0 Å².